The summed E-state index contributed by atoms with van der Waals surface area (Å²) in [5.41, 5.74) is 1.11. The van der Waals surface area contributed by atoms with Crippen LogP contribution >= 0.6 is 0 Å². The molecule has 1 aliphatic rings. The molecule has 0 radical (unpaired) electrons. The first kappa shape index (κ1) is 11.5. The van der Waals surface area contributed by atoms with Crippen molar-refractivity contribution in [2.24, 2.45) is 0 Å². The largest absolute Gasteiger partial charge is 0.219 e. The van der Waals surface area contributed by atoms with Crippen LogP contribution in [0, 0.1) is 13.8 Å². The van der Waals surface area contributed by atoms with Crippen LogP contribution in [0.25, 0.3) is 5.57 Å². The first-order valence-corrected chi connectivity index (χ1v) is 5.64. The average Bonchev–Trinajstić information content (AvgIpc) is 2.40. The number of aryl methyl sites for hydroxylation is 2. The molecular formula is C14H15N3. The van der Waals surface area contributed by atoms with E-state index in [1.165, 1.54) is 0 Å². The first-order valence-electron chi connectivity index (χ1n) is 5.64. The van der Waals surface area contributed by atoms with Crippen molar-refractivity contribution in [1.29, 1.82) is 0 Å². The van der Waals surface area contributed by atoms with Crippen LogP contribution in [0.2, 0.25) is 0 Å². The van der Waals surface area contributed by atoms with E-state index in [1.807, 2.05) is 50.3 Å². The van der Waals surface area contributed by atoms with Crippen molar-refractivity contribution in [2.75, 3.05) is 0 Å². The van der Waals surface area contributed by atoms with Crippen LogP contribution in [0.4, 0.5) is 0 Å². The van der Waals surface area contributed by atoms with Gasteiger partial charge < -0.3 is 0 Å². The summed E-state index contributed by atoms with van der Waals surface area (Å²) in [5, 5.41) is 0. The van der Waals surface area contributed by atoms with Crippen molar-refractivity contribution in [2.45, 2.75) is 20.3 Å². The topological polar surface area (TPSA) is 38.7 Å². The molecule has 86 valence electrons. The molecule has 0 bridgehead atoms. The molecule has 1 aromatic rings. The second-order valence-corrected chi connectivity index (χ2v) is 3.85. The fraction of sp³-hybridized carbons (Fsp3) is 0.214. The number of allylic oxidation sites excluding steroid dienone is 8. The molecule has 1 aromatic heterocycles. The molecule has 0 unspecified atom stereocenters. The molecule has 0 fully saturated rings. The number of hydrogen-bond donors (Lipinski definition) is 0. The van der Waals surface area contributed by atoms with E-state index < -0.39 is 0 Å². The fourth-order valence-electron chi connectivity index (χ4n) is 1.63. The van der Waals surface area contributed by atoms with E-state index in [0.717, 1.165) is 29.5 Å². The molecule has 0 N–H and O–H groups in total. The molecule has 0 atom stereocenters. The Kier molecular flexibility index (Phi) is 3.60. The summed E-state index contributed by atoms with van der Waals surface area (Å²) in [6, 6.07) is 0. The van der Waals surface area contributed by atoms with Crippen molar-refractivity contribution < 1.29 is 0 Å². The minimum Gasteiger partial charge on any atom is -0.219 e. The summed E-state index contributed by atoms with van der Waals surface area (Å²) in [7, 11) is 0. The summed E-state index contributed by atoms with van der Waals surface area (Å²) in [5.74, 6) is 2.30. The summed E-state index contributed by atoms with van der Waals surface area (Å²) in [4.78, 5) is 13.0. The van der Waals surface area contributed by atoms with Crippen molar-refractivity contribution in [3.05, 3.63) is 60.0 Å². The van der Waals surface area contributed by atoms with E-state index in [4.69, 9.17) is 0 Å². The minimum atomic E-state index is 0.763. The van der Waals surface area contributed by atoms with Gasteiger partial charge in [-0.2, -0.15) is 0 Å². The second-order valence-electron chi connectivity index (χ2n) is 3.85. The zero-order valence-corrected chi connectivity index (χ0v) is 10.1. The SMILES string of the molecule is Cc1nc(C)nc(/C2=C/C=C\C=C/C=C\C2)n1. The number of hydrogen-bond acceptors (Lipinski definition) is 3. The van der Waals surface area contributed by atoms with Gasteiger partial charge in [0.15, 0.2) is 5.82 Å². The lowest BCUT2D eigenvalue weighted by Crippen LogP contribution is -2.01. The summed E-state index contributed by atoms with van der Waals surface area (Å²) in [6.07, 6.45) is 15.0. The third kappa shape index (κ3) is 3.21. The van der Waals surface area contributed by atoms with Gasteiger partial charge in [-0.25, -0.2) is 15.0 Å². The number of aromatic nitrogens is 3. The van der Waals surface area contributed by atoms with Gasteiger partial charge in [0.25, 0.3) is 0 Å². The van der Waals surface area contributed by atoms with E-state index in [1.54, 1.807) is 0 Å². The fourth-order valence-corrected chi connectivity index (χ4v) is 1.63. The predicted octanol–water partition coefficient (Wildman–Crippen LogP) is 2.94. The monoisotopic (exact) mass is 225 g/mol. The van der Waals surface area contributed by atoms with Gasteiger partial charge in [-0.3, -0.25) is 0 Å². The number of nitrogens with zero attached hydrogens (tertiary/aromatic N) is 3. The number of rotatable bonds is 1. The molecule has 1 aliphatic carbocycles. The smallest absolute Gasteiger partial charge is 0.159 e. The van der Waals surface area contributed by atoms with Crippen LogP contribution in [-0.2, 0) is 0 Å². The molecule has 0 aliphatic heterocycles. The summed E-state index contributed by atoms with van der Waals surface area (Å²) < 4.78 is 0. The van der Waals surface area contributed by atoms with Crippen LogP contribution in [0.5, 0.6) is 0 Å². The normalized spacial score (nSPS) is 23.8. The standard InChI is InChI=1S/C14H15N3/c1-11-15-12(2)17-14(16-11)13-9-7-5-3-4-6-8-10-13/h3-9H,10H2,1-2H3/b4-3-,7-5-,8-6-,13-9+. The van der Waals surface area contributed by atoms with Crippen molar-refractivity contribution >= 4 is 5.57 Å². The zero-order chi connectivity index (χ0) is 12.1. The Labute approximate surface area is 101 Å². The lowest BCUT2D eigenvalue weighted by atomic mass is 10.1. The molecule has 0 saturated carbocycles. The van der Waals surface area contributed by atoms with E-state index >= 15 is 0 Å². The summed E-state index contributed by atoms with van der Waals surface area (Å²) >= 11 is 0. The molecule has 17 heavy (non-hydrogen) atoms. The zero-order valence-electron chi connectivity index (χ0n) is 10.1. The van der Waals surface area contributed by atoms with Crippen LogP contribution in [0.15, 0.2) is 42.5 Å². The Hall–Kier alpha value is -2.03. The highest BCUT2D eigenvalue weighted by Crippen LogP contribution is 2.16. The van der Waals surface area contributed by atoms with Gasteiger partial charge in [0.1, 0.15) is 11.6 Å². The molecule has 0 saturated heterocycles. The highest BCUT2D eigenvalue weighted by Gasteiger charge is 2.05. The van der Waals surface area contributed by atoms with Gasteiger partial charge in [-0.15, -0.1) is 0 Å². The Morgan fingerprint density at radius 2 is 1.47 bits per heavy atom. The second kappa shape index (κ2) is 5.34. The average molecular weight is 225 g/mol. The molecule has 0 aromatic carbocycles. The van der Waals surface area contributed by atoms with E-state index in [0.29, 0.717) is 0 Å². The molecule has 1 heterocycles. The van der Waals surface area contributed by atoms with Crippen LogP contribution in [-0.4, -0.2) is 15.0 Å². The highest BCUT2D eigenvalue weighted by molar-refractivity contribution is 5.63. The Morgan fingerprint density at radius 3 is 2.24 bits per heavy atom. The van der Waals surface area contributed by atoms with Crippen LogP contribution in [0.3, 0.4) is 0 Å². The third-order valence-electron chi connectivity index (χ3n) is 2.36. The van der Waals surface area contributed by atoms with Gasteiger partial charge in [0, 0.05) is 5.57 Å². The van der Waals surface area contributed by atoms with Crippen LogP contribution in [0.1, 0.15) is 23.9 Å². The van der Waals surface area contributed by atoms with Gasteiger partial charge in [0.05, 0.1) is 0 Å². The molecule has 0 amide bonds. The predicted molar refractivity (Wildman–Crippen MR) is 69.3 cm³/mol. The quantitative estimate of drug-likeness (QED) is 0.737. The maximum atomic E-state index is 4.38. The molecular weight excluding hydrogens is 210 g/mol. The molecule has 3 heteroatoms. The van der Waals surface area contributed by atoms with Crippen molar-refractivity contribution in [3.8, 4) is 0 Å². The highest BCUT2D eigenvalue weighted by atomic mass is 15.0. The summed E-state index contributed by atoms with van der Waals surface area (Å²) in [6.45, 7) is 3.78. The van der Waals surface area contributed by atoms with Crippen LogP contribution < -0.4 is 0 Å². The van der Waals surface area contributed by atoms with Crippen molar-refractivity contribution in [3.63, 3.8) is 0 Å². The van der Waals surface area contributed by atoms with Gasteiger partial charge >= 0.3 is 0 Å². The van der Waals surface area contributed by atoms with E-state index in [-0.39, 0.29) is 0 Å². The van der Waals surface area contributed by atoms with E-state index in [9.17, 15) is 0 Å². The maximum absolute atomic E-state index is 4.38. The third-order valence-corrected chi connectivity index (χ3v) is 2.36. The lowest BCUT2D eigenvalue weighted by molar-refractivity contribution is 0.897. The van der Waals surface area contributed by atoms with Crippen molar-refractivity contribution in [1.82, 2.24) is 15.0 Å². The van der Waals surface area contributed by atoms with E-state index in [2.05, 4.69) is 21.0 Å². The maximum Gasteiger partial charge on any atom is 0.159 e. The lowest BCUT2D eigenvalue weighted by Gasteiger charge is -2.04. The van der Waals surface area contributed by atoms with Gasteiger partial charge in [-0.1, -0.05) is 42.5 Å². The first-order chi connectivity index (χ1) is 8.25. The van der Waals surface area contributed by atoms with Gasteiger partial charge in [0.2, 0.25) is 0 Å². The molecule has 3 nitrogen and oxygen atoms in total. The Balaban J connectivity index is 2.37. The molecule has 0 spiro atoms. The Bertz CT molecular complexity index is 502. The molecule has 2 rings (SSSR count). The minimum absolute atomic E-state index is 0.763. The van der Waals surface area contributed by atoms with Gasteiger partial charge in [-0.05, 0) is 20.3 Å². The Morgan fingerprint density at radius 1 is 0.824 bits per heavy atom.